The summed E-state index contributed by atoms with van der Waals surface area (Å²) >= 11 is 1.48. The van der Waals surface area contributed by atoms with E-state index in [9.17, 15) is 4.79 Å². The molecular formula is C10H8N2O3S. The van der Waals surface area contributed by atoms with Gasteiger partial charge in [-0.25, -0.2) is 9.78 Å². The highest BCUT2D eigenvalue weighted by molar-refractivity contribution is 7.09. The summed E-state index contributed by atoms with van der Waals surface area (Å²) < 4.78 is 5.36. The Kier molecular flexibility index (Phi) is 3.11. The first-order valence-electron chi connectivity index (χ1n) is 4.45. The van der Waals surface area contributed by atoms with Crippen molar-refractivity contribution in [2.24, 2.45) is 0 Å². The molecule has 0 bridgehead atoms. The summed E-state index contributed by atoms with van der Waals surface area (Å²) in [5, 5.41) is 11.4. The quantitative estimate of drug-likeness (QED) is 0.876. The zero-order valence-corrected chi connectivity index (χ0v) is 8.98. The van der Waals surface area contributed by atoms with Crippen LogP contribution in [0.5, 0.6) is 5.75 Å². The van der Waals surface area contributed by atoms with Crippen molar-refractivity contribution in [1.82, 2.24) is 9.97 Å². The van der Waals surface area contributed by atoms with E-state index in [1.807, 2.05) is 5.38 Å². The molecule has 0 saturated carbocycles. The Labute approximate surface area is 95.4 Å². The summed E-state index contributed by atoms with van der Waals surface area (Å²) in [6.45, 7) is 0.322. The van der Waals surface area contributed by atoms with Gasteiger partial charge in [0.25, 0.3) is 0 Å². The number of thiazole rings is 1. The number of aromatic nitrogens is 2. The van der Waals surface area contributed by atoms with E-state index in [2.05, 4.69) is 9.97 Å². The first-order valence-corrected chi connectivity index (χ1v) is 5.33. The molecular weight excluding hydrogens is 228 g/mol. The van der Waals surface area contributed by atoms with Gasteiger partial charge in [0, 0.05) is 17.8 Å². The van der Waals surface area contributed by atoms with E-state index < -0.39 is 5.97 Å². The van der Waals surface area contributed by atoms with Crippen molar-refractivity contribution in [2.45, 2.75) is 6.61 Å². The molecule has 0 unspecified atom stereocenters. The standard InChI is InChI=1S/C10H8N2O3S/c13-10(14)7-3-8(5-11-4-7)15-6-9-12-1-2-16-9/h1-5H,6H2,(H,13,14). The van der Waals surface area contributed by atoms with Gasteiger partial charge in [-0.1, -0.05) is 0 Å². The topological polar surface area (TPSA) is 72.3 Å². The molecule has 0 fully saturated rings. The van der Waals surface area contributed by atoms with Crippen LogP contribution < -0.4 is 4.74 Å². The monoisotopic (exact) mass is 236 g/mol. The molecule has 0 aliphatic heterocycles. The van der Waals surface area contributed by atoms with Gasteiger partial charge in [-0.3, -0.25) is 4.98 Å². The van der Waals surface area contributed by atoms with Crippen LogP contribution in [0.1, 0.15) is 15.4 Å². The third-order valence-corrected chi connectivity index (χ3v) is 2.56. The molecule has 2 aromatic heterocycles. The van der Waals surface area contributed by atoms with E-state index >= 15 is 0 Å². The third-order valence-electron chi connectivity index (χ3n) is 1.81. The minimum atomic E-state index is -1.02. The van der Waals surface area contributed by atoms with Gasteiger partial charge in [-0.05, 0) is 6.07 Å². The number of hydrogen-bond donors (Lipinski definition) is 1. The third kappa shape index (κ3) is 2.54. The van der Waals surface area contributed by atoms with Crippen molar-refractivity contribution < 1.29 is 14.6 Å². The largest absolute Gasteiger partial charge is 0.485 e. The van der Waals surface area contributed by atoms with Crippen LogP contribution in [0.3, 0.4) is 0 Å². The van der Waals surface area contributed by atoms with Gasteiger partial charge in [-0.2, -0.15) is 0 Å². The van der Waals surface area contributed by atoms with E-state index in [0.717, 1.165) is 5.01 Å². The second kappa shape index (κ2) is 4.71. The lowest BCUT2D eigenvalue weighted by Gasteiger charge is -2.03. The van der Waals surface area contributed by atoms with Gasteiger partial charge in [-0.15, -0.1) is 11.3 Å². The van der Waals surface area contributed by atoms with E-state index in [0.29, 0.717) is 12.4 Å². The second-order valence-electron chi connectivity index (χ2n) is 2.93. The average Bonchev–Trinajstić information content (AvgIpc) is 2.79. The fourth-order valence-electron chi connectivity index (χ4n) is 1.08. The number of carboxylic acid groups (broad SMARTS) is 1. The zero-order valence-electron chi connectivity index (χ0n) is 8.16. The summed E-state index contributed by atoms with van der Waals surface area (Å²) in [5.74, 6) is -0.595. The molecule has 6 heteroatoms. The fraction of sp³-hybridized carbons (Fsp3) is 0.100. The van der Waals surface area contributed by atoms with E-state index in [-0.39, 0.29) is 5.56 Å². The van der Waals surface area contributed by atoms with Crippen LogP contribution in [-0.4, -0.2) is 21.0 Å². The first-order chi connectivity index (χ1) is 7.75. The van der Waals surface area contributed by atoms with Crippen LogP contribution in [0.4, 0.5) is 0 Å². The normalized spacial score (nSPS) is 10.0. The Balaban J connectivity index is 2.04. The van der Waals surface area contributed by atoms with Crippen molar-refractivity contribution in [3.63, 3.8) is 0 Å². The molecule has 2 aromatic rings. The van der Waals surface area contributed by atoms with Crippen molar-refractivity contribution in [2.75, 3.05) is 0 Å². The molecule has 0 atom stereocenters. The summed E-state index contributed by atoms with van der Waals surface area (Å²) in [6, 6.07) is 1.43. The molecule has 2 rings (SSSR count). The van der Waals surface area contributed by atoms with Gasteiger partial charge in [0.15, 0.2) is 0 Å². The highest BCUT2D eigenvalue weighted by atomic mass is 32.1. The lowest BCUT2D eigenvalue weighted by atomic mass is 10.3. The Hall–Kier alpha value is -1.95. The zero-order chi connectivity index (χ0) is 11.4. The predicted molar refractivity (Wildman–Crippen MR) is 57.6 cm³/mol. The molecule has 16 heavy (non-hydrogen) atoms. The number of carboxylic acids is 1. The molecule has 0 aromatic carbocycles. The summed E-state index contributed by atoms with van der Waals surface area (Å²) in [7, 11) is 0. The fourth-order valence-corrected chi connectivity index (χ4v) is 1.61. The van der Waals surface area contributed by atoms with E-state index in [4.69, 9.17) is 9.84 Å². The highest BCUT2D eigenvalue weighted by Crippen LogP contribution is 2.14. The van der Waals surface area contributed by atoms with Crippen LogP contribution in [0.2, 0.25) is 0 Å². The highest BCUT2D eigenvalue weighted by Gasteiger charge is 2.05. The molecule has 1 N–H and O–H groups in total. The van der Waals surface area contributed by atoms with E-state index in [1.165, 1.54) is 29.8 Å². The molecule has 0 spiro atoms. The number of rotatable bonds is 4. The maximum atomic E-state index is 10.7. The van der Waals surface area contributed by atoms with Crippen LogP contribution in [0.25, 0.3) is 0 Å². The van der Waals surface area contributed by atoms with Crippen molar-refractivity contribution in [3.8, 4) is 5.75 Å². The Morgan fingerprint density at radius 2 is 2.38 bits per heavy atom. The van der Waals surface area contributed by atoms with Gasteiger partial charge in [0.2, 0.25) is 0 Å². The predicted octanol–water partition coefficient (Wildman–Crippen LogP) is 1.82. The van der Waals surface area contributed by atoms with Crippen molar-refractivity contribution in [1.29, 1.82) is 0 Å². The summed E-state index contributed by atoms with van der Waals surface area (Å²) in [4.78, 5) is 18.5. The number of ether oxygens (including phenoxy) is 1. The molecule has 0 radical (unpaired) electrons. The first kappa shape index (κ1) is 10.6. The molecule has 0 amide bonds. The van der Waals surface area contributed by atoms with Gasteiger partial charge < -0.3 is 9.84 Å². The van der Waals surface area contributed by atoms with E-state index in [1.54, 1.807) is 6.20 Å². The van der Waals surface area contributed by atoms with Crippen molar-refractivity contribution in [3.05, 3.63) is 40.6 Å². The number of carbonyl (C=O) groups is 1. The smallest absolute Gasteiger partial charge is 0.337 e. The number of pyridine rings is 1. The van der Waals surface area contributed by atoms with Crippen LogP contribution in [0, 0.1) is 0 Å². The minimum absolute atomic E-state index is 0.108. The maximum Gasteiger partial charge on any atom is 0.337 e. The van der Waals surface area contributed by atoms with Gasteiger partial charge in [0.1, 0.15) is 17.4 Å². The Morgan fingerprint density at radius 1 is 1.50 bits per heavy atom. The molecule has 0 saturated heterocycles. The summed E-state index contributed by atoms with van der Waals surface area (Å²) in [6.07, 6.45) is 4.44. The maximum absolute atomic E-state index is 10.7. The average molecular weight is 236 g/mol. The van der Waals surface area contributed by atoms with Gasteiger partial charge >= 0.3 is 5.97 Å². The van der Waals surface area contributed by atoms with Crippen molar-refractivity contribution >= 4 is 17.3 Å². The minimum Gasteiger partial charge on any atom is -0.485 e. The number of hydrogen-bond acceptors (Lipinski definition) is 5. The Morgan fingerprint density at radius 3 is 3.06 bits per heavy atom. The number of nitrogens with zero attached hydrogens (tertiary/aromatic N) is 2. The van der Waals surface area contributed by atoms with Crippen LogP contribution in [0.15, 0.2) is 30.0 Å². The molecule has 82 valence electrons. The molecule has 5 nitrogen and oxygen atoms in total. The van der Waals surface area contributed by atoms with Gasteiger partial charge in [0.05, 0.1) is 11.8 Å². The Bertz CT molecular complexity index is 485. The lowest BCUT2D eigenvalue weighted by molar-refractivity contribution is 0.0696. The summed E-state index contributed by atoms with van der Waals surface area (Å²) in [5.41, 5.74) is 0.108. The SMILES string of the molecule is O=C(O)c1cncc(OCc2nccs2)c1. The second-order valence-corrected chi connectivity index (χ2v) is 3.91. The van der Waals surface area contributed by atoms with Crippen LogP contribution in [-0.2, 0) is 6.61 Å². The molecule has 2 heterocycles. The number of aromatic carboxylic acids is 1. The van der Waals surface area contributed by atoms with Crippen LogP contribution >= 0.6 is 11.3 Å². The molecule has 0 aliphatic rings. The molecule has 0 aliphatic carbocycles. The lowest BCUT2D eigenvalue weighted by Crippen LogP contribution is -2.00.